The van der Waals surface area contributed by atoms with Gasteiger partial charge in [-0.05, 0) is 18.9 Å². The van der Waals surface area contributed by atoms with Gasteiger partial charge < -0.3 is 9.47 Å². The van der Waals surface area contributed by atoms with Crippen LogP contribution in [0.25, 0.3) is 0 Å². The van der Waals surface area contributed by atoms with Gasteiger partial charge in [0.15, 0.2) is 5.78 Å². The first kappa shape index (κ1) is 13.9. The number of carbonyl (C=O) groups is 1. The van der Waals surface area contributed by atoms with E-state index in [1.807, 2.05) is 37.3 Å². The van der Waals surface area contributed by atoms with E-state index in [9.17, 15) is 4.79 Å². The van der Waals surface area contributed by atoms with E-state index in [0.29, 0.717) is 19.6 Å². The van der Waals surface area contributed by atoms with Crippen molar-refractivity contribution in [1.82, 2.24) is 0 Å². The van der Waals surface area contributed by atoms with Gasteiger partial charge in [0.05, 0.1) is 0 Å². The first-order chi connectivity index (χ1) is 8.29. The zero-order chi connectivity index (χ0) is 12.5. The van der Waals surface area contributed by atoms with E-state index < -0.39 is 6.10 Å². The fourth-order valence-corrected chi connectivity index (χ4v) is 1.69. The molecule has 1 unspecified atom stereocenters. The van der Waals surface area contributed by atoms with Crippen molar-refractivity contribution < 1.29 is 14.3 Å². The SMILES string of the molecule is CCOC(C(=O)CCCOC)c1ccccc1. The largest absolute Gasteiger partial charge is 0.385 e. The molecule has 1 aromatic rings. The van der Waals surface area contributed by atoms with Crippen LogP contribution in [0, 0.1) is 0 Å². The predicted molar refractivity (Wildman–Crippen MR) is 66.9 cm³/mol. The Morgan fingerprint density at radius 1 is 1.29 bits per heavy atom. The second-order valence-corrected chi connectivity index (χ2v) is 3.81. The minimum atomic E-state index is -0.432. The molecular formula is C14H20O3. The summed E-state index contributed by atoms with van der Waals surface area (Å²) in [5.41, 5.74) is 0.928. The Balaban J connectivity index is 2.62. The maximum Gasteiger partial charge on any atom is 0.166 e. The number of benzene rings is 1. The summed E-state index contributed by atoms with van der Waals surface area (Å²) in [5.74, 6) is 0.120. The zero-order valence-electron chi connectivity index (χ0n) is 10.5. The number of Topliss-reactive ketones (excluding diaryl/α,β-unsaturated/α-hetero) is 1. The molecule has 0 aliphatic rings. The summed E-state index contributed by atoms with van der Waals surface area (Å²) in [6.07, 6.45) is 0.803. The van der Waals surface area contributed by atoms with Crippen LogP contribution in [0.2, 0.25) is 0 Å². The number of carbonyl (C=O) groups excluding carboxylic acids is 1. The molecule has 0 spiro atoms. The molecule has 1 rings (SSSR count). The lowest BCUT2D eigenvalue weighted by atomic mass is 10.0. The molecule has 0 saturated heterocycles. The van der Waals surface area contributed by atoms with Crippen molar-refractivity contribution >= 4 is 5.78 Å². The van der Waals surface area contributed by atoms with Crippen molar-refractivity contribution in [2.75, 3.05) is 20.3 Å². The molecule has 3 heteroatoms. The summed E-state index contributed by atoms with van der Waals surface area (Å²) in [6, 6.07) is 9.62. The van der Waals surface area contributed by atoms with Crippen LogP contribution in [0.5, 0.6) is 0 Å². The Morgan fingerprint density at radius 2 is 2.00 bits per heavy atom. The van der Waals surface area contributed by atoms with E-state index in [2.05, 4.69) is 0 Å². The summed E-state index contributed by atoms with van der Waals surface area (Å²) in [4.78, 5) is 12.0. The third-order valence-corrected chi connectivity index (χ3v) is 2.50. The van der Waals surface area contributed by atoms with Crippen LogP contribution in [-0.4, -0.2) is 26.1 Å². The smallest absolute Gasteiger partial charge is 0.166 e. The van der Waals surface area contributed by atoms with E-state index >= 15 is 0 Å². The molecule has 0 amide bonds. The van der Waals surface area contributed by atoms with Gasteiger partial charge >= 0.3 is 0 Å². The van der Waals surface area contributed by atoms with Gasteiger partial charge in [-0.25, -0.2) is 0 Å². The molecule has 1 aromatic carbocycles. The third-order valence-electron chi connectivity index (χ3n) is 2.50. The van der Waals surface area contributed by atoms with Gasteiger partial charge in [0, 0.05) is 26.7 Å². The van der Waals surface area contributed by atoms with Crippen LogP contribution < -0.4 is 0 Å². The lowest BCUT2D eigenvalue weighted by Crippen LogP contribution is -2.16. The van der Waals surface area contributed by atoms with Crippen LogP contribution in [0.15, 0.2) is 30.3 Å². The van der Waals surface area contributed by atoms with Gasteiger partial charge in [0.2, 0.25) is 0 Å². The molecular weight excluding hydrogens is 216 g/mol. The molecule has 0 radical (unpaired) electrons. The molecule has 0 N–H and O–H groups in total. The van der Waals surface area contributed by atoms with E-state index in [-0.39, 0.29) is 5.78 Å². The molecule has 0 fully saturated rings. The summed E-state index contributed by atoms with van der Waals surface area (Å²) < 4.78 is 10.5. The average molecular weight is 236 g/mol. The van der Waals surface area contributed by atoms with Crippen molar-refractivity contribution in [1.29, 1.82) is 0 Å². The Kier molecular flexibility index (Phi) is 6.51. The maximum atomic E-state index is 12.0. The van der Waals surface area contributed by atoms with E-state index in [1.165, 1.54) is 0 Å². The Morgan fingerprint density at radius 3 is 2.59 bits per heavy atom. The Bertz CT molecular complexity index is 321. The molecule has 1 atom stereocenters. The fourth-order valence-electron chi connectivity index (χ4n) is 1.69. The molecule has 3 nitrogen and oxygen atoms in total. The first-order valence-corrected chi connectivity index (χ1v) is 5.97. The molecule has 0 heterocycles. The minimum Gasteiger partial charge on any atom is -0.385 e. The minimum absolute atomic E-state index is 0.120. The van der Waals surface area contributed by atoms with Gasteiger partial charge in [-0.15, -0.1) is 0 Å². The van der Waals surface area contributed by atoms with Crippen molar-refractivity contribution in [2.45, 2.75) is 25.9 Å². The average Bonchev–Trinajstić information content (AvgIpc) is 2.37. The highest BCUT2D eigenvalue weighted by Crippen LogP contribution is 2.20. The number of hydrogen-bond acceptors (Lipinski definition) is 3. The number of methoxy groups -OCH3 is 1. The van der Waals surface area contributed by atoms with Gasteiger partial charge in [0.25, 0.3) is 0 Å². The second-order valence-electron chi connectivity index (χ2n) is 3.81. The van der Waals surface area contributed by atoms with Gasteiger partial charge in [-0.3, -0.25) is 4.79 Å². The summed E-state index contributed by atoms with van der Waals surface area (Å²) in [5, 5.41) is 0. The van der Waals surface area contributed by atoms with Crippen LogP contribution in [0.3, 0.4) is 0 Å². The third kappa shape index (κ3) is 4.67. The van der Waals surface area contributed by atoms with Gasteiger partial charge in [-0.2, -0.15) is 0 Å². The van der Waals surface area contributed by atoms with Crippen LogP contribution in [0.4, 0.5) is 0 Å². The van der Waals surface area contributed by atoms with Crippen molar-refractivity contribution in [3.8, 4) is 0 Å². The highest BCUT2D eigenvalue weighted by Gasteiger charge is 2.19. The Hall–Kier alpha value is -1.19. The van der Waals surface area contributed by atoms with Crippen molar-refractivity contribution in [3.05, 3.63) is 35.9 Å². The Labute approximate surface area is 103 Å². The van der Waals surface area contributed by atoms with E-state index in [4.69, 9.17) is 9.47 Å². The first-order valence-electron chi connectivity index (χ1n) is 5.97. The lowest BCUT2D eigenvalue weighted by molar-refractivity contribution is -0.131. The van der Waals surface area contributed by atoms with E-state index in [1.54, 1.807) is 7.11 Å². The molecule has 0 aliphatic heterocycles. The number of rotatable bonds is 8. The monoisotopic (exact) mass is 236 g/mol. The highest BCUT2D eigenvalue weighted by atomic mass is 16.5. The second kappa shape index (κ2) is 7.98. The fraction of sp³-hybridized carbons (Fsp3) is 0.500. The van der Waals surface area contributed by atoms with Crippen LogP contribution >= 0.6 is 0 Å². The zero-order valence-corrected chi connectivity index (χ0v) is 10.5. The molecule has 0 saturated carbocycles. The highest BCUT2D eigenvalue weighted by molar-refractivity contribution is 5.84. The molecule has 0 aromatic heterocycles. The maximum absolute atomic E-state index is 12.0. The van der Waals surface area contributed by atoms with E-state index in [0.717, 1.165) is 12.0 Å². The van der Waals surface area contributed by atoms with Gasteiger partial charge in [-0.1, -0.05) is 30.3 Å². The summed E-state index contributed by atoms with van der Waals surface area (Å²) >= 11 is 0. The predicted octanol–water partition coefficient (Wildman–Crippen LogP) is 2.76. The van der Waals surface area contributed by atoms with Crippen molar-refractivity contribution in [3.63, 3.8) is 0 Å². The number of hydrogen-bond donors (Lipinski definition) is 0. The standard InChI is InChI=1S/C14H20O3/c1-3-17-14(12-8-5-4-6-9-12)13(15)10-7-11-16-2/h4-6,8-9,14H,3,7,10-11H2,1-2H3. The summed E-state index contributed by atoms with van der Waals surface area (Å²) in [6.45, 7) is 3.05. The quantitative estimate of drug-likeness (QED) is 0.651. The topological polar surface area (TPSA) is 35.5 Å². The normalized spacial score (nSPS) is 12.4. The number of ether oxygens (including phenoxy) is 2. The molecule has 0 bridgehead atoms. The van der Waals surface area contributed by atoms with Gasteiger partial charge in [0.1, 0.15) is 6.10 Å². The van der Waals surface area contributed by atoms with Crippen molar-refractivity contribution in [2.24, 2.45) is 0 Å². The molecule has 94 valence electrons. The van der Waals surface area contributed by atoms with Crippen LogP contribution in [-0.2, 0) is 14.3 Å². The lowest BCUT2D eigenvalue weighted by Gasteiger charge is -2.16. The molecule has 0 aliphatic carbocycles. The number of ketones is 1. The molecule has 17 heavy (non-hydrogen) atoms. The summed E-state index contributed by atoms with van der Waals surface area (Å²) in [7, 11) is 1.64. The van der Waals surface area contributed by atoms with Crippen LogP contribution in [0.1, 0.15) is 31.4 Å².